The molecular weight excluding hydrogens is 801 g/mol. The first-order chi connectivity index (χ1) is 31.7. The van der Waals surface area contributed by atoms with Gasteiger partial charge >= 0.3 is 0 Å². The average Bonchev–Trinajstić information content (AvgIpc) is 4.09. The molecule has 5 nitrogen and oxygen atoms in total. The lowest BCUT2D eigenvalue weighted by molar-refractivity contribution is 0.669. The molecule has 6 aromatic heterocycles. The molecule has 0 radical (unpaired) electrons. The van der Waals surface area contributed by atoms with Crippen LogP contribution in [0.5, 0.6) is 0 Å². The van der Waals surface area contributed by atoms with E-state index in [-0.39, 0.29) is 0 Å². The standard InChI is InChI=1S/C58H30N4OS/c1-3-14-38-34(10-1)35-11-2-4-15-39(35)56-55(38)59-54(32-22-20-31(21-23-32)33-24-27-47-41(30-33)37-13-6-8-19-46(37)63-47)58(60-56)62-44-18-9-17-43-50(44)51-45(62)26-29-48-52(51)53-49(64-48)28-25-40-36-12-5-7-16-42(36)61(43)57(40)53/h1-30H. The molecule has 0 fully saturated rings. The molecular formula is C58H30N4OS. The maximum atomic E-state index is 6.18. The number of fused-ring (bicyclic) bond motifs is 13. The van der Waals surface area contributed by atoms with Crippen LogP contribution in [0.25, 0.3) is 152 Å². The fourth-order valence-electron chi connectivity index (χ4n) is 11.3. The number of thiophene rings is 1. The van der Waals surface area contributed by atoms with Gasteiger partial charge in [0.1, 0.15) is 16.9 Å². The largest absolute Gasteiger partial charge is 0.456 e. The van der Waals surface area contributed by atoms with Crippen molar-refractivity contribution in [1.29, 1.82) is 0 Å². The van der Waals surface area contributed by atoms with Crippen molar-refractivity contribution in [3.05, 3.63) is 182 Å². The van der Waals surface area contributed by atoms with Gasteiger partial charge in [-0.15, -0.1) is 11.3 Å². The monoisotopic (exact) mass is 830 g/mol. The Morgan fingerprint density at radius 3 is 1.81 bits per heavy atom. The molecule has 0 saturated carbocycles. The second kappa shape index (κ2) is 11.8. The number of benzene rings is 10. The first kappa shape index (κ1) is 33.3. The SMILES string of the molecule is c1ccc2c(c1)oc1ccc(-c3ccc(-c4nc5c6ccccc6c6ccccc6c5nc4-n4c5ccc6sc7ccc8c9ccccc9n9c%10cccc4c%10c5c6c7c89)cc3)cc12. The third-order valence-corrected chi connectivity index (χ3v) is 15.1. The van der Waals surface area contributed by atoms with Gasteiger partial charge in [0, 0.05) is 68.8 Å². The Hall–Kier alpha value is -8.32. The van der Waals surface area contributed by atoms with E-state index < -0.39 is 0 Å². The summed E-state index contributed by atoms with van der Waals surface area (Å²) < 4.78 is 13.7. The van der Waals surface area contributed by atoms with E-state index in [1.807, 2.05) is 23.5 Å². The number of hydrogen-bond donors (Lipinski definition) is 0. The van der Waals surface area contributed by atoms with E-state index in [0.717, 1.165) is 83.0 Å². The summed E-state index contributed by atoms with van der Waals surface area (Å²) in [6.07, 6.45) is 0. The Kier molecular flexibility index (Phi) is 6.13. The first-order valence-electron chi connectivity index (χ1n) is 21.7. The van der Waals surface area contributed by atoms with Crippen molar-refractivity contribution >= 4 is 135 Å². The topological polar surface area (TPSA) is 48.3 Å². The Morgan fingerprint density at radius 1 is 0.375 bits per heavy atom. The van der Waals surface area contributed by atoms with Gasteiger partial charge in [-0.2, -0.15) is 0 Å². The van der Waals surface area contributed by atoms with Crippen LogP contribution in [0.4, 0.5) is 0 Å². The Balaban J connectivity index is 1.03. The van der Waals surface area contributed by atoms with Crippen LogP contribution in [0.1, 0.15) is 0 Å². The van der Waals surface area contributed by atoms with Crippen LogP contribution in [-0.4, -0.2) is 18.9 Å². The van der Waals surface area contributed by atoms with Crippen LogP contribution in [0.3, 0.4) is 0 Å². The molecule has 0 unspecified atom stereocenters. The predicted molar refractivity (Wildman–Crippen MR) is 268 cm³/mol. The van der Waals surface area contributed by atoms with Crippen molar-refractivity contribution in [3.8, 4) is 28.2 Å². The van der Waals surface area contributed by atoms with Gasteiger partial charge in [0.15, 0.2) is 5.82 Å². The number of aromatic nitrogens is 4. The van der Waals surface area contributed by atoms with Gasteiger partial charge in [0.05, 0.1) is 38.6 Å². The highest BCUT2D eigenvalue weighted by molar-refractivity contribution is 7.26. The number of furan rings is 1. The molecule has 0 N–H and O–H groups in total. The van der Waals surface area contributed by atoms with E-state index in [4.69, 9.17) is 14.4 Å². The Bertz CT molecular complexity index is 4660. The number of rotatable bonds is 3. The zero-order valence-corrected chi connectivity index (χ0v) is 34.7. The maximum Gasteiger partial charge on any atom is 0.165 e. The van der Waals surface area contributed by atoms with Gasteiger partial charge in [-0.1, -0.05) is 127 Å². The summed E-state index contributed by atoms with van der Waals surface area (Å²) >= 11 is 1.89. The van der Waals surface area contributed by atoms with Crippen LogP contribution in [0.2, 0.25) is 0 Å². The van der Waals surface area contributed by atoms with Crippen molar-refractivity contribution in [1.82, 2.24) is 18.9 Å². The van der Waals surface area contributed by atoms with Gasteiger partial charge in [0.2, 0.25) is 0 Å². The van der Waals surface area contributed by atoms with Crippen molar-refractivity contribution in [3.63, 3.8) is 0 Å². The number of nitrogens with zero attached hydrogens (tertiary/aromatic N) is 4. The van der Waals surface area contributed by atoms with E-state index in [0.29, 0.717) is 0 Å². The average molecular weight is 831 g/mol. The van der Waals surface area contributed by atoms with E-state index in [2.05, 4.69) is 179 Å². The summed E-state index contributed by atoms with van der Waals surface area (Å²) in [5.41, 5.74) is 13.6. The van der Waals surface area contributed by atoms with E-state index in [1.165, 1.54) is 69.0 Å². The maximum absolute atomic E-state index is 6.18. The fourth-order valence-corrected chi connectivity index (χ4v) is 12.4. The zero-order valence-electron chi connectivity index (χ0n) is 33.9. The second-order valence-electron chi connectivity index (χ2n) is 17.2. The second-order valence-corrected chi connectivity index (χ2v) is 18.3. The van der Waals surface area contributed by atoms with Crippen LogP contribution < -0.4 is 0 Å². The third kappa shape index (κ3) is 4.10. The van der Waals surface area contributed by atoms with Crippen molar-refractivity contribution in [2.24, 2.45) is 0 Å². The molecule has 6 heterocycles. The van der Waals surface area contributed by atoms with Crippen LogP contribution in [0.15, 0.2) is 186 Å². The molecule has 0 amide bonds. The molecule has 64 heavy (non-hydrogen) atoms. The zero-order chi connectivity index (χ0) is 41.4. The molecule has 16 aromatic rings. The summed E-state index contributed by atoms with van der Waals surface area (Å²) in [5.74, 6) is 0.811. The van der Waals surface area contributed by atoms with Crippen LogP contribution in [-0.2, 0) is 0 Å². The molecule has 0 aliphatic carbocycles. The Labute approximate surface area is 366 Å². The lowest BCUT2D eigenvalue weighted by atomic mass is 9.98. The molecule has 0 atom stereocenters. The number of hydrogen-bond acceptors (Lipinski definition) is 4. The van der Waals surface area contributed by atoms with Gasteiger partial charge in [-0.25, -0.2) is 9.97 Å². The molecule has 0 saturated heterocycles. The summed E-state index contributed by atoms with van der Waals surface area (Å²) in [5, 5.41) is 14.5. The molecule has 0 aliphatic rings. The van der Waals surface area contributed by atoms with E-state index in [9.17, 15) is 0 Å². The molecule has 16 rings (SSSR count). The molecule has 0 spiro atoms. The van der Waals surface area contributed by atoms with Crippen molar-refractivity contribution in [2.75, 3.05) is 0 Å². The quantitative estimate of drug-likeness (QED) is 0.167. The molecule has 0 aliphatic heterocycles. The van der Waals surface area contributed by atoms with Gasteiger partial charge in [-0.05, 0) is 76.5 Å². The lowest BCUT2D eigenvalue weighted by Crippen LogP contribution is -2.04. The Morgan fingerprint density at radius 2 is 0.984 bits per heavy atom. The van der Waals surface area contributed by atoms with E-state index >= 15 is 0 Å². The predicted octanol–water partition coefficient (Wildman–Crippen LogP) is 16.1. The van der Waals surface area contributed by atoms with Gasteiger partial charge in [-0.3, -0.25) is 4.57 Å². The third-order valence-electron chi connectivity index (χ3n) is 14.0. The molecule has 294 valence electrons. The van der Waals surface area contributed by atoms with Crippen molar-refractivity contribution in [2.45, 2.75) is 0 Å². The molecule has 10 aromatic carbocycles. The highest BCUT2D eigenvalue weighted by Crippen LogP contribution is 2.51. The number of para-hydroxylation sites is 2. The molecule has 6 heteroatoms. The molecule has 0 bridgehead atoms. The van der Waals surface area contributed by atoms with Gasteiger partial charge in [0.25, 0.3) is 0 Å². The lowest BCUT2D eigenvalue weighted by Gasteiger charge is -2.17. The fraction of sp³-hybridized carbons (Fsp3) is 0. The summed E-state index contributed by atoms with van der Waals surface area (Å²) in [4.78, 5) is 11.6. The van der Waals surface area contributed by atoms with Gasteiger partial charge < -0.3 is 8.82 Å². The first-order valence-corrected chi connectivity index (χ1v) is 22.6. The minimum atomic E-state index is 0.811. The minimum Gasteiger partial charge on any atom is -0.456 e. The van der Waals surface area contributed by atoms with Crippen LogP contribution >= 0.6 is 11.3 Å². The normalized spacial score (nSPS) is 12.7. The highest BCUT2D eigenvalue weighted by atomic mass is 32.1. The van der Waals surface area contributed by atoms with Crippen LogP contribution in [0, 0.1) is 0 Å². The summed E-state index contributed by atoms with van der Waals surface area (Å²) in [6.45, 7) is 0. The highest BCUT2D eigenvalue weighted by Gasteiger charge is 2.28. The summed E-state index contributed by atoms with van der Waals surface area (Å²) in [7, 11) is 0. The smallest absolute Gasteiger partial charge is 0.165 e. The minimum absolute atomic E-state index is 0.811. The van der Waals surface area contributed by atoms with E-state index in [1.54, 1.807) is 0 Å². The van der Waals surface area contributed by atoms with Crippen molar-refractivity contribution < 1.29 is 4.42 Å². The summed E-state index contributed by atoms with van der Waals surface area (Å²) in [6, 6.07) is 65.9.